The van der Waals surface area contributed by atoms with Crippen molar-refractivity contribution in [3.63, 3.8) is 0 Å². The van der Waals surface area contributed by atoms with Gasteiger partial charge in [0.1, 0.15) is 0 Å². The second-order valence-corrected chi connectivity index (χ2v) is 6.73. The molecule has 1 heteroatoms. The molecule has 0 spiro atoms. The number of benzene rings is 1. The Balaban J connectivity index is 2.04. The highest BCUT2D eigenvalue weighted by Gasteiger charge is 2.34. The van der Waals surface area contributed by atoms with E-state index in [0.29, 0.717) is 5.92 Å². The minimum absolute atomic E-state index is 0.247. The van der Waals surface area contributed by atoms with Crippen LogP contribution in [0.5, 0.6) is 0 Å². The average Bonchev–Trinajstić information content (AvgIpc) is 2.71. The highest BCUT2D eigenvalue weighted by molar-refractivity contribution is 9.11. The summed E-state index contributed by atoms with van der Waals surface area (Å²) in [4.78, 5) is 0. The molecule has 0 nitrogen and oxygen atoms in total. The van der Waals surface area contributed by atoms with E-state index in [2.05, 4.69) is 78.3 Å². The monoisotopic (exact) mass is 300 g/mol. The molecule has 0 amide bonds. The number of rotatable bonds is 1. The van der Waals surface area contributed by atoms with Gasteiger partial charge in [0.05, 0.1) is 0 Å². The molecule has 2 aliphatic carbocycles. The molecule has 0 N–H and O–H groups in total. The van der Waals surface area contributed by atoms with Crippen LogP contribution in [0, 0.1) is 5.41 Å². The van der Waals surface area contributed by atoms with Crippen LogP contribution in [0.1, 0.15) is 31.7 Å². The van der Waals surface area contributed by atoms with Crippen molar-refractivity contribution >= 4 is 15.9 Å². The summed E-state index contributed by atoms with van der Waals surface area (Å²) in [6.45, 7) is 4.70. The maximum atomic E-state index is 3.60. The molecule has 0 radical (unpaired) electrons. The van der Waals surface area contributed by atoms with E-state index in [-0.39, 0.29) is 5.41 Å². The molecule has 1 unspecified atom stereocenters. The van der Waals surface area contributed by atoms with Gasteiger partial charge in [-0.1, -0.05) is 66.2 Å². The van der Waals surface area contributed by atoms with E-state index in [1.54, 1.807) is 0 Å². The van der Waals surface area contributed by atoms with Gasteiger partial charge in [-0.05, 0) is 40.7 Å². The summed E-state index contributed by atoms with van der Waals surface area (Å²) in [5.74, 6) is 0.531. The van der Waals surface area contributed by atoms with Gasteiger partial charge in [-0.3, -0.25) is 0 Å². The van der Waals surface area contributed by atoms with E-state index < -0.39 is 0 Å². The number of allylic oxidation sites excluding steroid dienone is 6. The molecule has 1 aromatic carbocycles. The Bertz CT molecular complexity index is 559. The van der Waals surface area contributed by atoms with Gasteiger partial charge >= 0.3 is 0 Å². The fraction of sp³-hybridized carbons (Fsp3) is 0.294. The second-order valence-electron chi connectivity index (χ2n) is 5.81. The average molecular weight is 301 g/mol. The Hall–Kier alpha value is -1.08. The Morgan fingerprint density at radius 3 is 2.56 bits per heavy atom. The summed E-state index contributed by atoms with van der Waals surface area (Å²) < 4.78 is 1.20. The van der Waals surface area contributed by atoms with Crippen LogP contribution in [0.4, 0.5) is 0 Å². The van der Waals surface area contributed by atoms with Crippen LogP contribution in [0.2, 0.25) is 0 Å². The van der Waals surface area contributed by atoms with Crippen LogP contribution >= 0.6 is 15.9 Å². The van der Waals surface area contributed by atoms with Crippen molar-refractivity contribution in [2.75, 3.05) is 0 Å². The highest BCUT2D eigenvalue weighted by atomic mass is 79.9. The van der Waals surface area contributed by atoms with Gasteiger partial charge < -0.3 is 0 Å². The minimum atomic E-state index is 0.247. The molecular formula is C17H17Br. The zero-order valence-corrected chi connectivity index (χ0v) is 12.4. The lowest BCUT2D eigenvalue weighted by atomic mass is 9.68. The molecule has 1 atom stereocenters. The van der Waals surface area contributed by atoms with Gasteiger partial charge in [0.25, 0.3) is 0 Å². The first-order valence-electron chi connectivity index (χ1n) is 6.43. The maximum Gasteiger partial charge on any atom is 0.0184 e. The second kappa shape index (κ2) is 4.24. The predicted octanol–water partition coefficient (Wildman–Crippen LogP) is 5.35. The van der Waals surface area contributed by atoms with Crippen molar-refractivity contribution < 1.29 is 0 Å². The smallest absolute Gasteiger partial charge is 0.0184 e. The van der Waals surface area contributed by atoms with Crippen LogP contribution in [-0.2, 0) is 0 Å². The first-order chi connectivity index (χ1) is 8.56. The van der Waals surface area contributed by atoms with E-state index in [1.807, 2.05) is 0 Å². The van der Waals surface area contributed by atoms with E-state index in [1.165, 1.54) is 27.6 Å². The molecule has 2 aliphatic rings. The van der Waals surface area contributed by atoms with Gasteiger partial charge in [0.2, 0.25) is 0 Å². The Morgan fingerprint density at radius 1 is 1.11 bits per heavy atom. The summed E-state index contributed by atoms with van der Waals surface area (Å²) in [6.07, 6.45) is 8.11. The molecule has 0 saturated carbocycles. The van der Waals surface area contributed by atoms with Crippen molar-refractivity contribution in [1.82, 2.24) is 0 Å². The first kappa shape index (κ1) is 12.0. The number of halogens is 1. The van der Waals surface area contributed by atoms with Crippen LogP contribution in [0.15, 0.2) is 64.2 Å². The lowest BCUT2D eigenvalue weighted by Gasteiger charge is -2.35. The largest absolute Gasteiger partial charge is 0.0694 e. The molecule has 0 aliphatic heterocycles. The molecule has 0 aromatic heterocycles. The van der Waals surface area contributed by atoms with Crippen LogP contribution in [0.25, 0.3) is 0 Å². The van der Waals surface area contributed by atoms with E-state index in [4.69, 9.17) is 0 Å². The zero-order chi connectivity index (χ0) is 12.8. The zero-order valence-electron chi connectivity index (χ0n) is 10.8. The van der Waals surface area contributed by atoms with Crippen LogP contribution in [0.3, 0.4) is 0 Å². The molecule has 0 bridgehead atoms. The molecule has 0 heterocycles. The Morgan fingerprint density at radius 2 is 1.83 bits per heavy atom. The first-order valence-corrected chi connectivity index (χ1v) is 7.22. The maximum absolute atomic E-state index is 3.60. The minimum Gasteiger partial charge on any atom is -0.0694 e. The molecule has 1 aromatic rings. The van der Waals surface area contributed by atoms with Crippen molar-refractivity contribution in [1.29, 1.82) is 0 Å². The van der Waals surface area contributed by atoms with Gasteiger partial charge in [-0.2, -0.15) is 0 Å². The Kier molecular flexibility index (Phi) is 2.82. The van der Waals surface area contributed by atoms with E-state index >= 15 is 0 Å². The van der Waals surface area contributed by atoms with Crippen molar-refractivity contribution in [2.24, 2.45) is 5.41 Å². The third-order valence-electron chi connectivity index (χ3n) is 3.95. The van der Waals surface area contributed by atoms with Crippen LogP contribution < -0.4 is 0 Å². The molecule has 0 fully saturated rings. The third-order valence-corrected chi connectivity index (χ3v) is 4.41. The molecular weight excluding hydrogens is 284 g/mol. The fourth-order valence-corrected chi connectivity index (χ4v) is 3.54. The quantitative estimate of drug-likeness (QED) is 0.656. The highest BCUT2D eigenvalue weighted by Crippen LogP contribution is 2.49. The van der Waals surface area contributed by atoms with E-state index in [9.17, 15) is 0 Å². The molecule has 3 rings (SSSR count). The van der Waals surface area contributed by atoms with Gasteiger partial charge in [-0.15, -0.1) is 0 Å². The summed E-state index contributed by atoms with van der Waals surface area (Å²) >= 11 is 3.60. The summed E-state index contributed by atoms with van der Waals surface area (Å²) in [7, 11) is 0. The summed E-state index contributed by atoms with van der Waals surface area (Å²) in [6, 6.07) is 10.8. The molecule has 92 valence electrons. The number of fused-ring (bicyclic) bond motifs is 1. The lowest BCUT2D eigenvalue weighted by molar-refractivity contribution is 0.383. The number of hydrogen-bond donors (Lipinski definition) is 0. The summed E-state index contributed by atoms with van der Waals surface area (Å²) in [5.41, 5.74) is 4.54. The Labute approximate surface area is 117 Å². The molecule has 18 heavy (non-hydrogen) atoms. The van der Waals surface area contributed by atoms with E-state index in [0.717, 1.165) is 0 Å². The normalized spacial score (nSPS) is 25.1. The van der Waals surface area contributed by atoms with Crippen molar-refractivity contribution in [3.05, 3.63) is 69.8 Å². The van der Waals surface area contributed by atoms with Gasteiger partial charge in [0.15, 0.2) is 0 Å². The predicted molar refractivity (Wildman–Crippen MR) is 80.8 cm³/mol. The number of hydrogen-bond acceptors (Lipinski definition) is 0. The summed E-state index contributed by atoms with van der Waals surface area (Å²) in [5, 5.41) is 0. The SMILES string of the molecule is CC1(C)CC(c2ccccc2)C=C2C=C(Br)C=C21. The van der Waals surface area contributed by atoms with Gasteiger partial charge in [-0.25, -0.2) is 0 Å². The topological polar surface area (TPSA) is 0 Å². The lowest BCUT2D eigenvalue weighted by Crippen LogP contribution is -2.22. The standard InChI is InChI=1S/C17H17Br/c1-17(2)11-14(12-6-4-3-5-7-12)8-13-9-15(18)10-16(13)17/h3-10,14H,11H2,1-2H3. The van der Waals surface area contributed by atoms with Crippen molar-refractivity contribution in [3.8, 4) is 0 Å². The van der Waals surface area contributed by atoms with Crippen LogP contribution in [-0.4, -0.2) is 0 Å². The van der Waals surface area contributed by atoms with Gasteiger partial charge in [0, 0.05) is 10.4 Å². The van der Waals surface area contributed by atoms with Crippen molar-refractivity contribution in [2.45, 2.75) is 26.2 Å². The fourth-order valence-electron chi connectivity index (χ4n) is 3.06. The third kappa shape index (κ3) is 2.01. The molecule has 0 saturated heterocycles.